The quantitative estimate of drug-likeness (QED) is 0.780. The summed E-state index contributed by atoms with van der Waals surface area (Å²) in [4.78, 5) is 5.02. The minimum Gasteiger partial charge on any atom is -0.368 e. The van der Waals surface area contributed by atoms with Gasteiger partial charge in [-0.05, 0) is 12.8 Å². The predicted molar refractivity (Wildman–Crippen MR) is 86.5 cm³/mol. The number of fused-ring (bicyclic) bond motifs is 1. The molecule has 0 unspecified atom stereocenters. The van der Waals surface area contributed by atoms with Crippen LogP contribution in [0.2, 0.25) is 0 Å². The highest BCUT2D eigenvalue weighted by atomic mass is 32.2. The van der Waals surface area contributed by atoms with Crippen LogP contribution in [0.1, 0.15) is 33.6 Å². The molecule has 0 bridgehead atoms. The van der Waals surface area contributed by atoms with Gasteiger partial charge in [-0.15, -0.1) is 11.3 Å². The lowest BCUT2D eigenvalue weighted by molar-refractivity contribution is 0.478. The van der Waals surface area contributed by atoms with Crippen molar-refractivity contribution in [3.63, 3.8) is 0 Å². The molecule has 0 aliphatic rings. The Labute approximate surface area is 129 Å². The summed E-state index contributed by atoms with van der Waals surface area (Å²) in [6, 6.07) is 0. The SMILES string of the molecule is CCNc1nc2sccn2c1S(=O)(=O)NCC(CC)CC. The van der Waals surface area contributed by atoms with E-state index in [1.54, 1.807) is 10.6 Å². The fourth-order valence-corrected chi connectivity index (χ4v) is 4.32. The summed E-state index contributed by atoms with van der Waals surface area (Å²) < 4.78 is 29.6. The largest absolute Gasteiger partial charge is 0.368 e. The summed E-state index contributed by atoms with van der Waals surface area (Å²) >= 11 is 1.42. The van der Waals surface area contributed by atoms with Crippen LogP contribution in [0.4, 0.5) is 5.82 Å². The zero-order valence-electron chi connectivity index (χ0n) is 12.6. The van der Waals surface area contributed by atoms with E-state index in [9.17, 15) is 8.42 Å². The first-order valence-electron chi connectivity index (χ1n) is 7.22. The number of hydrogen-bond donors (Lipinski definition) is 2. The second-order valence-electron chi connectivity index (χ2n) is 4.89. The number of hydrogen-bond acceptors (Lipinski definition) is 5. The fraction of sp³-hybridized carbons (Fsp3) is 0.615. The van der Waals surface area contributed by atoms with Crippen LogP contribution in [-0.4, -0.2) is 30.9 Å². The van der Waals surface area contributed by atoms with Crippen LogP contribution in [0.15, 0.2) is 16.6 Å². The molecule has 2 N–H and O–H groups in total. The molecule has 0 saturated carbocycles. The summed E-state index contributed by atoms with van der Waals surface area (Å²) in [5, 5.41) is 5.06. The Morgan fingerprint density at radius 1 is 1.33 bits per heavy atom. The lowest BCUT2D eigenvalue weighted by atomic mass is 10.0. The molecule has 0 aromatic carbocycles. The Kier molecular flexibility index (Phi) is 5.23. The van der Waals surface area contributed by atoms with Crippen LogP contribution in [-0.2, 0) is 10.0 Å². The maximum Gasteiger partial charge on any atom is 0.260 e. The third-order valence-electron chi connectivity index (χ3n) is 3.53. The molecule has 0 amide bonds. The Balaban J connectivity index is 2.34. The summed E-state index contributed by atoms with van der Waals surface area (Å²) in [6.45, 7) is 7.14. The standard InChI is InChI=1S/C13H22N4O2S2/c1-4-10(5-2)9-15-21(18,19)12-11(14-6-3)16-13-17(12)7-8-20-13/h7-8,10,14-15H,4-6,9H2,1-3H3. The maximum absolute atomic E-state index is 12.6. The molecule has 8 heteroatoms. The lowest BCUT2D eigenvalue weighted by Gasteiger charge is -2.14. The number of aromatic nitrogens is 2. The van der Waals surface area contributed by atoms with Crippen molar-refractivity contribution < 1.29 is 8.42 Å². The molecule has 2 aromatic heterocycles. The first-order chi connectivity index (χ1) is 10.0. The van der Waals surface area contributed by atoms with Gasteiger partial charge in [-0.2, -0.15) is 0 Å². The Bertz CT molecular complexity index is 686. The number of anilines is 1. The van der Waals surface area contributed by atoms with Crippen molar-refractivity contribution in [1.29, 1.82) is 0 Å². The molecular weight excluding hydrogens is 308 g/mol. The molecule has 2 rings (SSSR count). The summed E-state index contributed by atoms with van der Waals surface area (Å²) in [5.74, 6) is 0.773. The molecule has 0 aliphatic heterocycles. The van der Waals surface area contributed by atoms with Crippen LogP contribution in [0, 0.1) is 5.92 Å². The fourth-order valence-electron chi connectivity index (χ4n) is 2.18. The van der Waals surface area contributed by atoms with Crippen LogP contribution >= 0.6 is 11.3 Å². The van der Waals surface area contributed by atoms with Gasteiger partial charge in [0, 0.05) is 24.7 Å². The topological polar surface area (TPSA) is 75.5 Å². The Morgan fingerprint density at radius 3 is 2.67 bits per heavy atom. The molecule has 21 heavy (non-hydrogen) atoms. The average molecular weight is 330 g/mol. The third kappa shape index (κ3) is 3.38. The minimum absolute atomic E-state index is 0.201. The van der Waals surface area contributed by atoms with E-state index in [0.717, 1.165) is 12.8 Å². The van der Waals surface area contributed by atoms with E-state index in [2.05, 4.69) is 28.9 Å². The number of thiazole rings is 1. The Hall–Kier alpha value is -1.12. The first-order valence-corrected chi connectivity index (χ1v) is 9.58. The average Bonchev–Trinajstić information content (AvgIpc) is 3.00. The van der Waals surface area contributed by atoms with Crippen molar-refractivity contribution >= 4 is 32.1 Å². The van der Waals surface area contributed by atoms with E-state index in [-0.39, 0.29) is 5.03 Å². The molecule has 2 heterocycles. The van der Waals surface area contributed by atoms with E-state index in [1.807, 2.05) is 12.3 Å². The second kappa shape index (κ2) is 6.76. The predicted octanol–water partition coefficient (Wildman–Crippen LogP) is 2.54. The molecule has 6 nitrogen and oxygen atoms in total. The maximum atomic E-state index is 12.6. The van der Waals surface area contributed by atoms with E-state index < -0.39 is 10.0 Å². The molecule has 0 fully saturated rings. The summed E-state index contributed by atoms with van der Waals surface area (Å²) in [5.41, 5.74) is 0. The van der Waals surface area contributed by atoms with Gasteiger partial charge in [0.15, 0.2) is 15.8 Å². The van der Waals surface area contributed by atoms with Gasteiger partial charge in [0.2, 0.25) is 0 Å². The zero-order valence-corrected chi connectivity index (χ0v) is 14.2. The van der Waals surface area contributed by atoms with Crippen molar-refractivity contribution in [3.05, 3.63) is 11.6 Å². The third-order valence-corrected chi connectivity index (χ3v) is 5.74. The lowest BCUT2D eigenvalue weighted by Crippen LogP contribution is -2.30. The molecular formula is C13H22N4O2S2. The minimum atomic E-state index is -3.59. The van der Waals surface area contributed by atoms with Crippen molar-refractivity contribution in [1.82, 2.24) is 14.1 Å². The molecule has 0 atom stereocenters. The first kappa shape index (κ1) is 16.3. The Morgan fingerprint density at radius 2 is 2.05 bits per heavy atom. The second-order valence-corrected chi connectivity index (χ2v) is 7.44. The molecule has 2 aromatic rings. The summed E-state index contributed by atoms with van der Waals surface area (Å²) in [6.07, 6.45) is 3.65. The monoisotopic (exact) mass is 330 g/mol. The number of nitrogens with one attached hydrogen (secondary N) is 2. The van der Waals surface area contributed by atoms with Crippen LogP contribution < -0.4 is 10.0 Å². The van der Waals surface area contributed by atoms with Gasteiger partial charge in [0.05, 0.1) is 0 Å². The van der Waals surface area contributed by atoms with Crippen molar-refractivity contribution in [2.75, 3.05) is 18.4 Å². The number of sulfonamides is 1. The normalized spacial score (nSPS) is 12.4. The highest BCUT2D eigenvalue weighted by Gasteiger charge is 2.26. The van der Waals surface area contributed by atoms with Crippen molar-refractivity contribution in [2.45, 2.75) is 38.6 Å². The summed E-state index contributed by atoms with van der Waals surface area (Å²) in [7, 11) is -3.59. The molecule has 0 aliphatic carbocycles. The van der Waals surface area contributed by atoms with Crippen LogP contribution in [0.5, 0.6) is 0 Å². The van der Waals surface area contributed by atoms with Crippen molar-refractivity contribution in [2.24, 2.45) is 5.92 Å². The highest BCUT2D eigenvalue weighted by molar-refractivity contribution is 7.89. The van der Waals surface area contributed by atoms with Crippen LogP contribution in [0.25, 0.3) is 4.96 Å². The van der Waals surface area contributed by atoms with Gasteiger partial charge in [-0.3, -0.25) is 4.40 Å². The van der Waals surface area contributed by atoms with Gasteiger partial charge in [-0.1, -0.05) is 26.7 Å². The molecule has 0 radical (unpaired) electrons. The van der Waals surface area contributed by atoms with Crippen molar-refractivity contribution in [3.8, 4) is 0 Å². The van der Waals surface area contributed by atoms with Gasteiger partial charge in [0.1, 0.15) is 0 Å². The van der Waals surface area contributed by atoms with Gasteiger partial charge >= 0.3 is 0 Å². The number of imidazole rings is 1. The molecule has 118 valence electrons. The van der Waals surface area contributed by atoms with Gasteiger partial charge in [0.25, 0.3) is 10.0 Å². The van der Waals surface area contributed by atoms with Crippen LogP contribution in [0.3, 0.4) is 0 Å². The van der Waals surface area contributed by atoms with Gasteiger partial charge in [-0.25, -0.2) is 18.1 Å². The van der Waals surface area contributed by atoms with E-state index in [4.69, 9.17) is 0 Å². The highest BCUT2D eigenvalue weighted by Crippen LogP contribution is 2.25. The van der Waals surface area contributed by atoms with E-state index in [1.165, 1.54) is 11.3 Å². The molecule has 0 spiro atoms. The zero-order chi connectivity index (χ0) is 15.5. The smallest absolute Gasteiger partial charge is 0.260 e. The molecule has 0 saturated heterocycles. The van der Waals surface area contributed by atoms with E-state index >= 15 is 0 Å². The number of nitrogens with zero attached hydrogens (tertiary/aromatic N) is 2. The number of rotatable bonds is 8. The van der Waals surface area contributed by atoms with E-state index in [0.29, 0.717) is 29.8 Å². The van der Waals surface area contributed by atoms with Gasteiger partial charge < -0.3 is 5.32 Å².